The van der Waals surface area contributed by atoms with Crippen LogP contribution < -0.4 is 14.2 Å². The fourth-order valence-electron chi connectivity index (χ4n) is 2.28. The SMILES string of the molecule is CCCc1c(OC)cc(OCc2ccccc2)cc1OC. The Balaban J connectivity index is 2.20. The Hall–Kier alpha value is -2.16. The third kappa shape index (κ3) is 3.91. The Kier molecular flexibility index (Phi) is 5.50. The van der Waals surface area contributed by atoms with Gasteiger partial charge in [-0.15, -0.1) is 0 Å². The van der Waals surface area contributed by atoms with Crippen LogP contribution in [0, 0.1) is 0 Å². The van der Waals surface area contributed by atoms with E-state index in [1.807, 2.05) is 42.5 Å². The maximum absolute atomic E-state index is 5.85. The second-order valence-corrected chi connectivity index (χ2v) is 4.83. The molecule has 0 spiro atoms. The molecule has 3 nitrogen and oxygen atoms in total. The predicted molar refractivity (Wildman–Crippen MR) is 84.3 cm³/mol. The van der Waals surface area contributed by atoms with E-state index in [0.717, 1.165) is 41.2 Å². The quantitative estimate of drug-likeness (QED) is 0.762. The number of hydrogen-bond donors (Lipinski definition) is 0. The molecular formula is C18H22O3. The van der Waals surface area contributed by atoms with Crippen molar-refractivity contribution in [2.45, 2.75) is 26.4 Å². The van der Waals surface area contributed by atoms with Crippen molar-refractivity contribution < 1.29 is 14.2 Å². The molecule has 0 fully saturated rings. The van der Waals surface area contributed by atoms with Crippen LogP contribution >= 0.6 is 0 Å². The summed E-state index contributed by atoms with van der Waals surface area (Å²) in [5.41, 5.74) is 2.22. The average molecular weight is 286 g/mol. The highest BCUT2D eigenvalue weighted by Gasteiger charge is 2.12. The summed E-state index contributed by atoms with van der Waals surface area (Å²) in [5.74, 6) is 2.39. The molecule has 3 heteroatoms. The van der Waals surface area contributed by atoms with Gasteiger partial charge in [0.15, 0.2) is 0 Å². The molecule has 0 atom stereocenters. The van der Waals surface area contributed by atoms with E-state index in [1.54, 1.807) is 14.2 Å². The number of rotatable bonds is 7. The van der Waals surface area contributed by atoms with Crippen LogP contribution in [-0.4, -0.2) is 14.2 Å². The van der Waals surface area contributed by atoms with Crippen molar-refractivity contribution in [2.75, 3.05) is 14.2 Å². The van der Waals surface area contributed by atoms with E-state index in [2.05, 4.69) is 6.92 Å². The van der Waals surface area contributed by atoms with Crippen LogP contribution in [0.25, 0.3) is 0 Å². The fraction of sp³-hybridized carbons (Fsp3) is 0.333. The average Bonchev–Trinajstić information content (AvgIpc) is 2.54. The lowest BCUT2D eigenvalue weighted by Gasteiger charge is -2.15. The topological polar surface area (TPSA) is 27.7 Å². The molecule has 2 aromatic carbocycles. The van der Waals surface area contributed by atoms with E-state index in [1.165, 1.54) is 0 Å². The predicted octanol–water partition coefficient (Wildman–Crippen LogP) is 4.24. The molecule has 0 unspecified atom stereocenters. The lowest BCUT2D eigenvalue weighted by atomic mass is 10.1. The Morgan fingerprint density at radius 1 is 0.905 bits per heavy atom. The molecule has 0 amide bonds. The van der Waals surface area contributed by atoms with Gasteiger partial charge >= 0.3 is 0 Å². The normalized spacial score (nSPS) is 10.2. The molecule has 0 saturated heterocycles. The molecule has 0 aliphatic rings. The highest BCUT2D eigenvalue weighted by atomic mass is 16.5. The van der Waals surface area contributed by atoms with Crippen LogP contribution in [0.3, 0.4) is 0 Å². The Morgan fingerprint density at radius 3 is 2.05 bits per heavy atom. The summed E-state index contributed by atoms with van der Waals surface area (Å²) < 4.78 is 16.8. The van der Waals surface area contributed by atoms with Crippen LogP contribution in [0.2, 0.25) is 0 Å². The molecule has 0 radical (unpaired) electrons. The number of hydrogen-bond acceptors (Lipinski definition) is 3. The maximum Gasteiger partial charge on any atom is 0.129 e. The first-order valence-corrected chi connectivity index (χ1v) is 7.20. The summed E-state index contributed by atoms with van der Waals surface area (Å²) in [7, 11) is 3.35. The first kappa shape index (κ1) is 15.2. The highest BCUT2D eigenvalue weighted by Crippen LogP contribution is 2.35. The minimum Gasteiger partial charge on any atom is -0.496 e. The first-order chi connectivity index (χ1) is 10.3. The molecule has 0 bridgehead atoms. The molecule has 0 N–H and O–H groups in total. The van der Waals surface area contributed by atoms with Crippen molar-refractivity contribution in [2.24, 2.45) is 0 Å². The lowest BCUT2D eigenvalue weighted by Crippen LogP contribution is -2.00. The summed E-state index contributed by atoms with van der Waals surface area (Å²) in [6, 6.07) is 13.9. The van der Waals surface area contributed by atoms with Crippen LogP contribution in [0.15, 0.2) is 42.5 Å². The van der Waals surface area contributed by atoms with Gasteiger partial charge in [0.25, 0.3) is 0 Å². The number of ether oxygens (including phenoxy) is 3. The molecular weight excluding hydrogens is 264 g/mol. The Labute approximate surface area is 126 Å². The highest BCUT2D eigenvalue weighted by molar-refractivity contribution is 5.50. The largest absolute Gasteiger partial charge is 0.496 e. The van der Waals surface area contributed by atoms with Gasteiger partial charge in [0, 0.05) is 17.7 Å². The van der Waals surface area contributed by atoms with Gasteiger partial charge in [-0.3, -0.25) is 0 Å². The fourth-order valence-corrected chi connectivity index (χ4v) is 2.28. The van der Waals surface area contributed by atoms with Gasteiger partial charge in [-0.2, -0.15) is 0 Å². The van der Waals surface area contributed by atoms with Crippen molar-refractivity contribution in [1.82, 2.24) is 0 Å². The molecule has 0 aliphatic heterocycles. The maximum atomic E-state index is 5.85. The summed E-state index contributed by atoms with van der Waals surface area (Å²) in [4.78, 5) is 0. The third-order valence-electron chi connectivity index (χ3n) is 3.33. The van der Waals surface area contributed by atoms with Gasteiger partial charge < -0.3 is 14.2 Å². The number of benzene rings is 2. The van der Waals surface area contributed by atoms with Gasteiger partial charge in [0.05, 0.1) is 14.2 Å². The van der Waals surface area contributed by atoms with Gasteiger partial charge in [-0.05, 0) is 12.0 Å². The molecule has 0 aromatic heterocycles. The molecule has 2 aromatic rings. The molecule has 21 heavy (non-hydrogen) atoms. The van der Waals surface area contributed by atoms with Crippen molar-refractivity contribution in [3.8, 4) is 17.2 Å². The van der Waals surface area contributed by atoms with E-state index in [9.17, 15) is 0 Å². The molecule has 0 aliphatic carbocycles. The van der Waals surface area contributed by atoms with E-state index >= 15 is 0 Å². The molecule has 0 heterocycles. The monoisotopic (exact) mass is 286 g/mol. The van der Waals surface area contributed by atoms with Crippen molar-refractivity contribution in [3.63, 3.8) is 0 Å². The van der Waals surface area contributed by atoms with Crippen molar-refractivity contribution in [3.05, 3.63) is 53.6 Å². The first-order valence-electron chi connectivity index (χ1n) is 7.20. The summed E-state index contributed by atoms with van der Waals surface area (Å²) in [6.45, 7) is 2.67. The third-order valence-corrected chi connectivity index (χ3v) is 3.33. The number of methoxy groups -OCH3 is 2. The van der Waals surface area contributed by atoms with Gasteiger partial charge in [-0.1, -0.05) is 43.7 Å². The molecule has 2 rings (SSSR count). The standard InChI is InChI=1S/C18H22O3/c1-4-8-16-17(19-2)11-15(12-18(16)20-3)21-13-14-9-6-5-7-10-14/h5-7,9-12H,4,8,13H2,1-3H3. The van der Waals surface area contributed by atoms with Crippen LogP contribution in [-0.2, 0) is 13.0 Å². The van der Waals surface area contributed by atoms with Gasteiger partial charge in [0.2, 0.25) is 0 Å². The van der Waals surface area contributed by atoms with Crippen molar-refractivity contribution >= 4 is 0 Å². The zero-order valence-electron chi connectivity index (χ0n) is 12.9. The second kappa shape index (κ2) is 7.58. The minimum absolute atomic E-state index is 0.528. The summed E-state index contributed by atoms with van der Waals surface area (Å²) in [6.07, 6.45) is 1.96. The Morgan fingerprint density at radius 2 is 1.52 bits per heavy atom. The van der Waals surface area contributed by atoms with E-state index < -0.39 is 0 Å². The smallest absolute Gasteiger partial charge is 0.129 e. The summed E-state index contributed by atoms with van der Waals surface area (Å²) >= 11 is 0. The van der Waals surface area contributed by atoms with E-state index in [0.29, 0.717) is 6.61 Å². The van der Waals surface area contributed by atoms with Crippen molar-refractivity contribution in [1.29, 1.82) is 0 Å². The van der Waals surface area contributed by atoms with E-state index in [-0.39, 0.29) is 0 Å². The molecule has 0 saturated carbocycles. The van der Waals surface area contributed by atoms with Crippen LogP contribution in [0.5, 0.6) is 17.2 Å². The Bertz CT molecular complexity index is 539. The van der Waals surface area contributed by atoms with Crippen LogP contribution in [0.1, 0.15) is 24.5 Å². The van der Waals surface area contributed by atoms with Gasteiger partial charge in [0.1, 0.15) is 23.9 Å². The second-order valence-electron chi connectivity index (χ2n) is 4.83. The van der Waals surface area contributed by atoms with Gasteiger partial charge in [-0.25, -0.2) is 0 Å². The minimum atomic E-state index is 0.528. The molecule has 112 valence electrons. The summed E-state index contributed by atoms with van der Waals surface area (Å²) in [5, 5.41) is 0. The zero-order valence-corrected chi connectivity index (χ0v) is 12.9. The lowest BCUT2D eigenvalue weighted by molar-refractivity contribution is 0.299. The van der Waals surface area contributed by atoms with E-state index in [4.69, 9.17) is 14.2 Å². The van der Waals surface area contributed by atoms with Crippen LogP contribution in [0.4, 0.5) is 0 Å². The zero-order chi connectivity index (χ0) is 15.1.